The van der Waals surface area contributed by atoms with Crippen LogP contribution in [0.3, 0.4) is 0 Å². The fourth-order valence-corrected chi connectivity index (χ4v) is 5.22. The van der Waals surface area contributed by atoms with Gasteiger partial charge in [0.05, 0.1) is 0 Å². The van der Waals surface area contributed by atoms with Crippen molar-refractivity contribution in [1.29, 1.82) is 0 Å². The van der Waals surface area contributed by atoms with Crippen LogP contribution in [0.25, 0.3) is 0 Å². The number of hydrogen-bond acceptors (Lipinski definition) is 6. The normalized spacial score (nSPS) is 13.6. The second kappa shape index (κ2) is 10.4. The Morgan fingerprint density at radius 3 is 2.40 bits per heavy atom. The lowest BCUT2D eigenvalue weighted by molar-refractivity contribution is -0.116. The van der Waals surface area contributed by atoms with E-state index in [4.69, 9.17) is 5.73 Å². The largest absolute Gasteiger partial charge is 0.383 e. The van der Waals surface area contributed by atoms with E-state index in [1.54, 1.807) is 11.8 Å². The lowest BCUT2D eigenvalue weighted by Gasteiger charge is -2.29. The zero-order valence-electron chi connectivity index (χ0n) is 20.3. The molecule has 1 fully saturated rings. The van der Waals surface area contributed by atoms with Crippen molar-refractivity contribution in [3.05, 3.63) is 74.4 Å². The molecule has 1 aliphatic heterocycles. The van der Waals surface area contributed by atoms with Crippen molar-refractivity contribution in [2.24, 2.45) is 7.05 Å². The molecule has 0 unspecified atom stereocenters. The standard InChI is InChI=1S/C26H31N5O3S/c1-17-7-8-18(2)21(15-17)35-20-11-9-19(10-12-20)28-22(32)16-31-25(33)23(24(27)29(3)26(31)34)30-13-5-4-6-14-30/h7-12,15H,4-6,13-14,16,27H2,1-3H3,(H,28,32). The van der Waals surface area contributed by atoms with Gasteiger partial charge in [0.25, 0.3) is 5.56 Å². The molecular weight excluding hydrogens is 462 g/mol. The summed E-state index contributed by atoms with van der Waals surface area (Å²) in [5.41, 5.74) is 8.30. The van der Waals surface area contributed by atoms with Crippen molar-refractivity contribution in [2.45, 2.75) is 49.4 Å². The molecule has 9 heteroatoms. The average Bonchev–Trinajstić information content (AvgIpc) is 2.85. The summed E-state index contributed by atoms with van der Waals surface area (Å²) < 4.78 is 2.19. The van der Waals surface area contributed by atoms with Crippen LogP contribution in [0, 0.1) is 13.8 Å². The molecule has 1 aliphatic rings. The van der Waals surface area contributed by atoms with Crippen molar-refractivity contribution in [1.82, 2.24) is 9.13 Å². The summed E-state index contributed by atoms with van der Waals surface area (Å²) in [7, 11) is 1.52. The Balaban J connectivity index is 1.49. The summed E-state index contributed by atoms with van der Waals surface area (Å²) in [4.78, 5) is 42.8. The van der Waals surface area contributed by atoms with E-state index in [-0.39, 0.29) is 12.4 Å². The number of benzene rings is 2. The third-order valence-corrected chi connectivity index (χ3v) is 7.42. The van der Waals surface area contributed by atoms with Gasteiger partial charge in [-0.05, 0) is 74.6 Å². The van der Waals surface area contributed by atoms with Crippen molar-refractivity contribution in [3.8, 4) is 0 Å². The van der Waals surface area contributed by atoms with Crippen LogP contribution in [0.5, 0.6) is 0 Å². The molecule has 1 amide bonds. The summed E-state index contributed by atoms with van der Waals surface area (Å²) in [5.74, 6) is -0.316. The molecule has 0 atom stereocenters. The Hall–Kier alpha value is -3.46. The van der Waals surface area contributed by atoms with E-state index in [1.165, 1.54) is 27.6 Å². The van der Waals surface area contributed by atoms with Crippen LogP contribution < -0.4 is 27.2 Å². The molecule has 0 bridgehead atoms. The minimum atomic E-state index is -0.608. The topological polar surface area (TPSA) is 102 Å². The molecule has 0 spiro atoms. The minimum Gasteiger partial charge on any atom is -0.383 e. The molecule has 4 rings (SSSR count). The van der Waals surface area contributed by atoms with Crippen LogP contribution in [-0.4, -0.2) is 28.1 Å². The first kappa shape index (κ1) is 24.7. The van der Waals surface area contributed by atoms with Crippen LogP contribution in [0.1, 0.15) is 30.4 Å². The second-order valence-corrected chi connectivity index (χ2v) is 10.1. The number of aryl methyl sites for hydroxylation is 2. The molecule has 3 N–H and O–H groups in total. The smallest absolute Gasteiger partial charge is 0.332 e. The number of amides is 1. The molecule has 184 valence electrons. The first-order valence-electron chi connectivity index (χ1n) is 11.7. The molecule has 0 aliphatic carbocycles. The number of nitrogen functional groups attached to an aromatic ring is 1. The van der Waals surface area contributed by atoms with Crippen molar-refractivity contribution in [2.75, 3.05) is 29.0 Å². The molecule has 8 nitrogen and oxygen atoms in total. The van der Waals surface area contributed by atoms with Crippen LogP contribution in [-0.2, 0) is 18.4 Å². The highest BCUT2D eigenvalue weighted by Gasteiger charge is 2.23. The molecule has 0 radical (unpaired) electrons. The summed E-state index contributed by atoms with van der Waals surface area (Å²) >= 11 is 1.66. The summed E-state index contributed by atoms with van der Waals surface area (Å²) in [5, 5.41) is 2.79. The van der Waals surface area contributed by atoms with Gasteiger partial charge in [-0.1, -0.05) is 23.9 Å². The SMILES string of the molecule is Cc1ccc(C)c(Sc2ccc(NC(=O)Cn3c(=O)c(N4CCCCC4)c(N)n(C)c3=O)cc2)c1. The van der Waals surface area contributed by atoms with E-state index < -0.39 is 17.2 Å². The van der Waals surface area contributed by atoms with E-state index in [9.17, 15) is 14.4 Å². The van der Waals surface area contributed by atoms with Gasteiger partial charge in [-0.3, -0.25) is 14.2 Å². The highest BCUT2D eigenvalue weighted by Crippen LogP contribution is 2.31. The average molecular weight is 494 g/mol. The molecular formula is C26H31N5O3S. The van der Waals surface area contributed by atoms with Gasteiger partial charge in [-0.15, -0.1) is 0 Å². The Kier molecular flexibility index (Phi) is 7.35. The Bertz CT molecular complexity index is 1360. The van der Waals surface area contributed by atoms with Gasteiger partial charge in [0.2, 0.25) is 5.91 Å². The maximum absolute atomic E-state index is 13.2. The maximum Gasteiger partial charge on any atom is 0.332 e. The Morgan fingerprint density at radius 2 is 1.71 bits per heavy atom. The molecule has 35 heavy (non-hydrogen) atoms. The van der Waals surface area contributed by atoms with Gasteiger partial charge < -0.3 is 16.0 Å². The number of nitrogens with zero attached hydrogens (tertiary/aromatic N) is 3. The molecule has 0 saturated carbocycles. The second-order valence-electron chi connectivity index (χ2n) is 8.96. The summed E-state index contributed by atoms with van der Waals surface area (Å²) in [6.07, 6.45) is 3.01. The van der Waals surface area contributed by atoms with Gasteiger partial charge in [0, 0.05) is 35.6 Å². The van der Waals surface area contributed by atoms with Crippen LogP contribution in [0.2, 0.25) is 0 Å². The molecule has 2 heterocycles. The van der Waals surface area contributed by atoms with Crippen LogP contribution >= 0.6 is 11.8 Å². The van der Waals surface area contributed by atoms with E-state index in [0.29, 0.717) is 24.5 Å². The third-order valence-electron chi connectivity index (χ3n) is 6.25. The monoisotopic (exact) mass is 493 g/mol. The molecule has 1 aromatic heterocycles. The first-order valence-corrected chi connectivity index (χ1v) is 12.6. The van der Waals surface area contributed by atoms with E-state index >= 15 is 0 Å². The summed E-state index contributed by atoms with van der Waals surface area (Å²) in [6, 6.07) is 13.8. The van der Waals surface area contributed by atoms with Crippen LogP contribution in [0.4, 0.5) is 17.2 Å². The highest BCUT2D eigenvalue weighted by molar-refractivity contribution is 7.99. The maximum atomic E-state index is 13.2. The lowest BCUT2D eigenvalue weighted by atomic mass is 10.1. The number of piperidine rings is 1. The quantitative estimate of drug-likeness (QED) is 0.545. The van der Waals surface area contributed by atoms with Crippen molar-refractivity contribution < 1.29 is 4.79 Å². The van der Waals surface area contributed by atoms with Crippen molar-refractivity contribution >= 4 is 34.9 Å². The first-order chi connectivity index (χ1) is 16.7. The van der Waals surface area contributed by atoms with E-state index in [0.717, 1.165) is 28.7 Å². The number of carbonyl (C=O) groups excluding carboxylic acids is 1. The van der Waals surface area contributed by atoms with Gasteiger partial charge in [0.1, 0.15) is 18.1 Å². The summed E-state index contributed by atoms with van der Waals surface area (Å²) in [6.45, 7) is 5.17. The number of hydrogen-bond donors (Lipinski definition) is 2. The van der Waals surface area contributed by atoms with Crippen molar-refractivity contribution in [3.63, 3.8) is 0 Å². The Morgan fingerprint density at radius 1 is 1.03 bits per heavy atom. The fourth-order valence-electron chi connectivity index (χ4n) is 4.22. The van der Waals surface area contributed by atoms with Crippen LogP contribution in [0.15, 0.2) is 61.8 Å². The molecule has 3 aromatic rings. The number of carbonyl (C=O) groups is 1. The molecule has 2 aromatic carbocycles. The van der Waals surface area contributed by atoms with E-state index in [1.807, 2.05) is 29.2 Å². The Labute approximate surface area is 208 Å². The number of nitrogens with one attached hydrogen (secondary N) is 1. The third kappa shape index (κ3) is 5.45. The highest BCUT2D eigenvalue weighted by atomic mass is 32.2. The lowest BCUT2D eigenvalue weighted by Crippen LogP contribution is -2.46. The predicted octanol–water partition coefficient (Wildman–Crippen LogP) is 3.53. The number of rotatable bonds is 6. The molecule has 1 saturated heterocycles. The minimum absolute atomic E-state index is 0.135. The van der Waals surface area contributed by atoms with Gasteiger partial charge in [-0.25, -0.2) is 9.36 Å². The van der Waals surface area contributed by atoms with Gasteiger partial charge >= 0.3 is 5.69 Å². The van der Waals surface area contributed by atoms with Gasteiger partial charge in [0.15, 0.2) is 0 Å². The number of aromatic nitrogens is 2. The fraction of sp³-hybridized carbons (Fsp3) is 0.346. The number of nitrogens with two attached hydrogens (primary N) is 1. The van der Waals surface area contributed by atoms with E-state index in [2.05, 4.69) is 37.4 Å². The van der Waals surface area contributed by atoms with Gasteiger partial charge in [-0.2, -0.15) is 0 Å². The zero-order chi connectivity index (χ0) is 25.1. The number of anilines is 3. The predicted molar refractivity (Wildman–Crippen MR) is 142 cm³/mol. The zero-order valence-corrected chi connectivity index (χ0v) is 21.2.